The van der Waals surface area contributed by atoms with E-state index in [9.17, 15) is 18.0 Å². The van der Waals surface area contributed by atoms with Crippen molar-refractivity contribution in [1.82, 2.24) is 10.2 Å². The zero-order valence-corrected chi connectivity index (χ0v) is 23.8. The summed E-state index contributed by atoms with van der Waals surface area (Å²) >= 11 is 6.37. The fourth-order valence-electron chi connectivity index (χ4n) is 3.92. The van der Waals surface area contributed by atoms with Crippen LogP contribution in [0, 0.1) is 0 Å². The number of halogens is 1. The van der Waals surface area contributed by atoms with Gasteiger partial charge in [0.2, 0.25) is 21.8 Å². The van der Waals surface area contributed by atoms with Gasteiger partial charge in [0.1, 0.15) is 11.8 Å². The van der Waals surface area contributed by atoms with E-state index in [0.29, 0.717) is 22.9 Å². The minimum atomic E-state index is -3.57. The largest absolute Gasteiger partial charge is 0.497 e. The van der Waals surface area contributed by atoms with Gasteiger partial charge in [-0.2, -0.15) is 0 Å². The Hall–Kier alpha value is -2.78. The first-order chi connectivity index (χ1) is 17.5. The first-order valence-electron chi connectivity index (χ1n) is 12.5. The number of anilines is 1. The Morgan fingerprint density at radius 3 is 2.24 bits per heavy atom. The van der Waals surface area contributed by atoms with Gasteiger partial charge < -0.3 is 15.0 Å². The molecule has 0 heterocycles. The maximum absolute atomic E-state index is 13.5. The van der Waals surface area contributed by atoms with Crippen LogP contribution in [-0.2, 0) is 26.2 Å². The predicted octanol–water partition coefficient (Wildman–Crippen LogP) is 4.62. The number of nitrogens with zero attached hydrogens (tertiary/aromatic N) is 2. The van der Waals surface area contributed by atoms with E-state index in [1.807, 2.05) is 39.0 Å². The summed E-state index contributed by atoms with van der Waals surface area (Å²) < 4.78 is 31.4. The quantitative estimate of drug-likeness (QED) is 0.370. The van der Waals surface area contributed by atoms with Gasteiger partial charge in [-0.3, -0.25) is 13.9 Å². The van der Waals surface area contributed by atoms with Crippen LogP contribution >= 0.6 is 11.6 Å². The summed E-state index contributed by atoms with van der Waals surface area (Å²) in [5, 5.41) is 3.49. The topological polar surface area (TPSA) is 96.0 Å². The van der Waals surface area contributed by atoms with Crippen molar-refractivity contribution < 1.29 is 22.7 Å². The Morgan fingerprint density at radius 1 is 1.05 bits per heavy atom. The van der Waals surface area contributed by atoms with E-state index in [2.05, 4.69) is 5.32 Å². The van der Waals surface area contributed by atoms with Gasteiger partial charge in [0, 0.05) is 30.6 Å². The molecule has 2 atom stereocenters. The van der Waals surface area contributed by atoms with Crippen LogP contribution in [0.2, 0.25) is 5.02 Å². The second kappa shape index (κ2) is 14.2. The number of benzene rings is 2. The molecule has 2 aromatic rings. The number of carbonyl (C=O) groups is 2. The van der Waals surface area contributed by atoms with Gasteiger partial charge in [0.05, 0.1) is 19.1 Å². The van der Waals surface area contributed by atoms with Crippen molar-refractivity contribution in [2.24, 2.45) is 0 Å². The molecule has 2 aromatic carbocycles. The first-order valence-corrected chi connectivity index (χ1v) is 14.7. The Bertz CT molecular complexity index is 1140. The molecule has 204 valence electrons. The van der Waals surface area contributed by atoms with E-state index in [1.54, 1.807) is 35.2 Å². The van der Waals surface area contributed by atoms with Crippen molar-refractivity contribution in [2.75, 3.05) is 24.2 Å². The summed E-state index contributed by atoms with van der Waals surface area (Å²) in [6.07, 6.45) is 2.68. The van der Waals surface area contributed by atoms with Gasteiger partial charge in [-0.15, -0.1) is 0 Å². The lowest BCUT2D eigenvalue weighted by molar-refractivity contribution is -0.141. The summed E-state index contributed by atoms with van der Waals surface area (Å²) in [5.74, 6) is 0.159. The summed E-state index contributed by atoms with van der Waals surface area (Å²) in [5.41, 5.74) is 1.23. The van der Waals surface area contributed by atoms with Crippen LogP contribution in [0.4, 0.5) is 5.69 Å². The zero-order valence-electron chi connectivity index (χ0n) is 22.2. The highest BCUT2D eigenvalue weighted by Gasteiger charge is 2.29. The molecule has 0 fully saturated rings. The Morgan fingerprint density at radius 2 is 1.70 bits per heavy atom. The van der Waals surface area contributed by atoms with Crippen molar-refractivity contribution in [1.29, 1.82) is 0 Å². The number of nitrogens with one attached hydrogen (secondary N) is 1. The average molecular weight is 552 g/mol. The van der Waals surface area contributed by atoms with Crippen LogP contribution in [0.5, 0.6) is 5.75 Å². The Kier molecular flexibility index (Phi) is 11.7. The van der Waals surface area contributed by atoms with Crippen LogP contribution in [-0.4, -0.2) is 57.1 Å². The third-order valence-corrected chi connectivity index (χ3v) is 7.76. The lowest BCUT2D eigenvalue weighted by atomic mass is 10.1. The molecule has 0 unspecified atom stereocenters. The van der Waals surface area contributed by atoms with E-state index in [1.165, 1.54) is 11.4 Å². The fourth-order valence-corrected chi connectivity index (χ4v) is 5.08. The highest BCUT2D eigenvalue weighted by molar-refractivity contribution is 7.92. The van der Waals surface area contributed by atoms with E-state index in [0.717, 1.165) is 18.2 Å². The summed E-state index contributed by atoms with van der Waals surface area (Å²) in [6.45, 7) is 6.06. The van der Waals surface area contributed by atoms with Gasteiger partial charge in [-0.1, -0.05) is 43.6 Å². The van der Waals surface area contributed by atoms with Gasteiger partial charge in [0.25, 0.3) is 0 Å². The fraction of sp³-hybridized carbons (Fsp3) is 0.481. The summed E-state index contributed by atoms with van der Waals surface area (Å²) in [4.78, 5) is 28.1. The Labute approximate surface area is 226 Å². The van der Waals surface area contributed by atoms with Gasteiger partial charge >= 0.3 is 0 Å². The maximum atomic E-state index is 13.5. The normalized spacial score (nSPS) is 12.9. The lowest BCUT2D eigenvalue weighted by Gasteiger charge is -2.32. The number of amides is 2. The molecule has 0 saturated heterocycles. The number of methoxy groups -OCH3 is 1. The van der Waals surface area contributed by atoms with Gasteiger partial charge in [0.15, 0.2) is 0 Å². The standard InChI is InChI=1S/C27H38ClN3O5S/c1-6-20(3)29-27(33)25(7-2)30(19-21-11-8-9-12-24(21)28)26(32)13-10-18-31(37(5,34)35)22-14-16-23(36-4)17-15-22/h8-9,11-12,14-17,20,25H,6-7,10,13,18-19H2,1-5H3,(H,29,33)/t20-,25-/m1/s1. The molecule has 2 amide bonds. The molecule has 37 heavy (non-hydrogen) atoms. The highest BCUT2D eigenvalue weighted by atomic mass is 35.5. The molecule has 0 spiro atoms. The molecule has 0 aliphatic heterocycles. The third-order valence-electron chi connectivity index (χ3n) is 6.20. The number of ether oxygens (including phenoxy) is 1. The number of sulfonamides is 1. The molecular weight excluding hydrogens is 514 g/mol. The molecule has 1 N–H and O–H groups in total. The van der Waals surface area contributed by atoms with Crippen LogP contribution in [0.15, 0.2) is 48.5 Å². The Balaban J connectivity index is 2.23. The van der Waals surface area contributed by atoms with E-state index >= 15 is 0 Å². The minimum absolute atomic E-state index is 0.0216. The minimum Gasteiger partial charge on any atom is -0.497 e. The monoisotopic (exact) mass is 551 g/mol. The van der Waals surface area contributed by atoms with Crippen molar-refractivity contribution >= 4 is 39.1 Å². The number of carbonyl (C=O) groups excluding carboxylic acids is 2. The number of rotatable bonds is 14. The van der Waals surface area contributed by atoms with E-state index < -0.39 is 16.1 Å². The highest BCUT2D eigenvalue weighted by Crippen LogP contribution is 2.23. The van der Waals surface area contributed by atoms with Crippen LogP contribution in [0.3, 0.4) is 0 Å². The number of hydrogen-bond donors (Lipinski definition) is 1. The molecule has 8 nitrogen and oxygen atoms in total. The van der Waals surface area contributed by atoms with Crippen LogP contribution in [0.1, 0.15) is 52.0 Å². The van der Waals surface area contributed by atoms with Gasteiger partial charge in [-0.05, 0) is 62.1 Å². The molecule has 0 radical (unpaired) electrons. The molecule has 0 aliphatic rings. The lowest BCUT2D eigenvalue weighted by Crippen LogP contribution is -2.50. The van der Waals surface area contributed by atoms with Crippen LogP contribution < -0.4 is 14.4 Å². The number of hydrogen-bond acceptors (Lipinski definition) is 5. The predicted molar refractivity (Wildman–Crippen MR) is 148 cm³/mol. The van der Waals surface area contributed by atoms with E-state index in [4.69, 9.17) is 16.3 Å². The molecule has 10 heteroatoms. The molecule has 0 bridgehead atoms. The van der Waals surface area contributed by atoms with Crippen molar-refractivity contribution in [3.05, 3.63) is 59.1 Å². The molecule has 0 saturated carbocycles. The summed E-state index contributed by atoms with van der Waals surface area (Å²) in [7, 11) is -2.04. The van der Waals surface area contributed by atoms with Crippen molar-refractivity contribution in [3.8, 4) is 5.75 Å². The first kappa shape index (κ1) is 30.4. The third kappa shape index (κ3) is 8.93. The second-order valence-electron chi connectivity index (χ2n) is 8.99. The maximum Gasteiger partial charge on any atom is 0.243 e. The second-order valence-corrected chi connectivity index (χ2v) is 11.3. The smallest absolute Gasteiger partial charge is 0.243 e. The van der Waals surface area contributed by atoms with Crippen molar-refractivity contribution in [2.45, 2.75) is 65.1 Å². The molecule has 0 aromatic heterocycles. The van der Waals surface area contributed by atoms with Crippen molar-refractivity contribution in [3.63, 3.8) is 0 Å². The SMILES string of the molecule is CC[C@@H](C)NC(=O)[C@@H](CC)N(Cc1ccccc1Cl)C(=O)CCCN(c1ccc(OC)cc1)S(C)(=O)=O. The molecular formula is C27H38ClN3O5S. The summed E-state index contributed by atoms with van der Waals surface area (Å²) in [6, 6.07) is 13.2. The zero-order chi connectivity index (χ0) is 27.6. The van der Waals surface area contributed by atoms with E-state index in [-0.39, 0.29) is 43.8 Å². The molecule has 2 rings (SSSR count). The van der Waals surface area contributed by atoms with Gasteiger partial charge in [-0.25, -0.2) is 8.42 Å². The van der Waals surface area contributed by atoms with Crippen LogP contribution in [0.25, 0.3) is 0 Å². The molecule has 0 aliphatic carbocycles. The average Bonchev–Trinajstić information content (AvgIpc) is 2.86.